The molecule has 1 aromatic carbocycles. The Bertz CT molecular complexity index is 503. The zero-order chi connectivity index (χ0) is 13.7. The second kappa shape index (κ2) is 6.55. The first kappa shape index (κ1) is 14.7. The van der Waals surface area contributed by atoms with Crippen LogP contribution in [0.25, 0.3) is 0 Å². The summed E-state index contributed by atoms with van der Waals surface area (Å²) in [4.78, 5) is 22.3. The molecule has 0 unspecified atom stereocenters. The summed E-state index contributed by atoms with van der Waals surface area (Å²) < 4.78 is 1.23. The third-order valence-corrected chi connectivity index (χ3v) is 2.87. The highest BCUT2D eigenvalue weighted by Crippen LogP contribution is 2.23. The quantitative estimate of drug-likeness (QED) is 0.753. The van der Waals surface area contributed by atoms with Gasteiger partial charge in [0.25, 0.3) is 0 Å². The van der Waals surface area contributed by atoms with E-state index >= 15 is 0 Å². The molecule has 0 saturated heterocycles. The van der Waals surface area contributed by atoms with Crippen LogP contribution in [0.15, 0.2) is 33.7 Å². The fraction of sp³-hybridized carbons (Fsp3) is 0.0909. The maximum Gasteiger partial charge on any atom is 0.335 e. The van der Waals surface area contributed by atoms with Crippen LogP contribution in [-0.4, -0.2) is 23.7 Å². The van der Waals surface area contributed by atoms with Crippen LogP contribution in [0.3, 0.4) is 0 Å². The highest BCUT2D eigenvalue weighted by atomic mass is 79.9. The number of anilines is 1. The van der Waals surface area contributed by atoms with E-state index in [1.54, 1.807) is 6.07 Å². The van der Waals surface area contributed by atoms with Gasteiger partial charge in [0, 0.05) is 8.96 Å². The molecule has 0 aliphatic heterocycles. The largest absolute Gasteiger partial charge is 0.478 e. The zero-order valence-corrected chi connectivity index (χ0v) is 12.3. The van der Waals surface area contributed by atoms with Crippen molar-refractivity contribution in [1.29, 1.82) is 0 Å². The van der Waals surface area contributed by atoms with Gasteiger partial charge in [-0.25, -0.2) is 9.59 Å². The number of carboxylic acid groups (broad SMARTS) is 1. The van der Waals surface area contributed by atoms with E-state index < -0.39 is 12.0 Å². The van der Waals surface area contributed by atoms with Gasteiger partial charge in [-0.15, -0.1) is 0 Å². The summed E-state index contributed by atoms with van der Waals surface area (Å²) in [5, 5.41) is 13.9. The first-order valence-electron chi connectivity index (χ1n) is 4.81. The zero-order valence-electron chi connectivity index (χ0n) is 9.17. The Morgan fingerprint density at radius 1 is 1.39 bits per heavy atom. The topological polar surface area (TPSA) is 78.4 Å². The molecule has 5 nitrogen and oxygen atoms in total. The number of amides is 2. The van der Waals surface area contributed by atoms with Crippen molar-refractivity contribution in [2.75, 3.05) is 11.9 Å². The van der Waals surface area contributed by atoms with Gasteiger partial charge in [-0.05, 0) is 34.1 Å². The van der Waals surface area contributed by atoms with Crippen molar-refractivity contribution in [3.05, 3.63) is 39.3 Å². The fourth-order valence-electron chi connectivity index (χ4n) is 1.10. The second-order valence-electron chi connectivity index (χ2n) is 3.32. The molecule has 18 heavy (non-hydrogen) atoms. The molecule has 0 atom stereocenters. The first-order valence-corrected chi connectivity index (χ1v) is 6.39. The average Bonchev–Trinajstić information content (AvgIpc) is 2.29. The molecule has 0 heterocycles. The highest BCUT2D eigenvalue weighted by molar-refractivity contribution is 9.11. The van der Waals surface area contributed by atoms with Crippen LogP contribution < -0.4 is 10.6 Å². The highest BCUT2D eigenvalue weighted by Gasteiger charge is 2.09. The summed E-state index contributed by atoms with van der Waals surface area (Å²) in [7, 11) is 0. The number of halogens is 2. The van der Waals surface area contributed by atoms with Crippen molar-refractivity contribution in [3.8, 4) is 0 Å². The monoisotopic (exact) mass is 376 g/mol. The van der Waals surface area contributed by atoms with Crippen molar-refractivity contribution in [2.24, 2.45) is 0 Å². The maximum absolute atomic E-state index is 11.5. The minimum atomic E-state index is -1.06. The van der Waals surface area contributed by atoms with Crippen LogP contribution in [0.4, 0.5) is 10.5 Å². The molecule has 1 rings (SSSR count). The molecule has 0 aromatic heterocycles. The Labute approximate surface area is 121 Å². The lowest BCUT2D eigenvalue weighted by Crippen LogP contribution is -2.29. The number of hydrogen-bond donors (Lipinski definition) is 3. The number of carbonyl (C=O) groups excluding carboxylic acids is 1. The molecule has 2 amide bonds. The molecule has 0 saturated carbocycles. The van der Waals surface area contributed by atoms with E-state index in [4.69, 9.17) is 5.11 Å². The van der Waals surface area contributed by atoms with Gasteiger partial charge in [0.05, 0.1) is 17.8 Å². The van der Waals surface area contributed by atoms with Crippen LogP contribution in [0.2, 0.25) is 0 Å². The van der Waals surface area contributed by atoms with E-state index in [1.165, 1.54) is 12.1 Å². The minimum Gasteiger partial charge on any atom is -0.478 e. The lowest BCUT2D eigenvalue weighted by Gasteiger charge is -2.09. The average molecular weight is 378 g/mol. The van der Waals surface area contributed by atoms with E-state index in [9.17, 15) is 9.59 Å². The standard InChI is InChI=1S/C11H10Br2N2O3/c1-6(12)5-14-11(18)15-9-4-7(10(16)17)2-3-8(9)13/h2-4H,1,5H2,(H,16,17)(H2,14,15,18). The maximum atomic E-state index is 11.5. The molecule has 0 aliphatic rings. The van der Waals surface area contributed by atoms with E-state index in [-0.39, 0.29) is 12.1 Å². The van der Waals surface area contributed by atoms with Gasteiger partial charge in [0.15, 0.2) is 0 Å². The predicted octanol–water partition coefficient (Wildman–Crippen LogP) is 3.18. The molecule has 96 valence electrons. The summed E-state index contributed by atoms with van der Waals surface area (Å²) in [5.74, 6) is -1.06. The van der Waals surface area contributed by atoms with Gasteiger partial charge in [0.2, 0.25) is 0 Å². The molecule has 7 heteroatoms. The van der Waals surface area contributed by atoms with Crippen LogP contribution in [0.5, 0.6) is 0 Å². The molecule has 0 fully saturated rings. The lowest BCUT2D eigenvalue weighted by atomic mass is 10.2. The Morgan fingerprint density at radius 3 is 2.61 bits per heavy atom. The summed E-state index contributed by atoms with van der Waals surface area (Å²) in [6.45, 7) is 3.86. The van der Waals surface area contributed by atoms with Gasteiger partial charge in [-0.2, -0.15) is 0 Å². The molecule has 3 N–H and O–H groups in total. The third-order valence-electron chi connectivity index (χ3n) is 1.90. The molecule has 0 spiro atoms. The summed E-state index contributed by atoms with van der Waals surface area (Å²) in [6, 6.07) is 3.92. The Balaban J connectivity index is 2.77. The van der Waals surface area contributed by atoms with Gasteiger partial charge in [0.1, 0.15) is 0 Å². The van der Waals surface area contributed by atoms with Gasteiger partial charge in [-0.1, -0.05) is 22.5 Å². The van der Waals surface area contributed by atoms with Crippen molar-refractivity contribution in [3.63, 3.8) is 0 Å². The van der Waals surface area contributed by atoms with E-state index in [2.05, 4.69) is 49.1 Å². The first-order chi connectivity index (χ1) is 8.40. The van der Waals surface area contributed by atoms with Crippen molar-refractivity contribution in [1.82, 2.24) is 5.32 Å². The number of aromatic carboxylic acids is 1. The molecule has 1 aromatic rings. The summed E-state index contributed by atoms with van der Waals surface area (Å²) >= 11 is 6.34. The molecular formula is C11H10Br2N2O3. The van der Waals surface area contributed by atoms with E-state index in [0.717, 1.165) is 0 Å². The summed E-state index contributed by atoms with van der Waals surface area (Å²) in [6.07, 6.45) is 0. The molecular weight excluding hydrogens is 368 g/mol. The summed E-state index contributed by atoms with van der Waals surface area (Å²) in [5.41, 5.74) is 0.478. The number of benzene rings is 1. The Kier molecular flexibility index (Phi) is 5.36. The number of nitrogens with one attached hydrogen (secondary N) is 2. The lowest BCUT2D eigenvalue weighted by molar-refractivity contribution is 0.0697. The molecule has 0 aliphatic carbocycles. The predicted molar refractivity (Wildman–Crippen MR) is 76.2 cm³/mol. The van der Waals surface area contributed by atoms with E-state index in [0.29, 0.717) is 14.6 Å². The van der Waals surface area contributed by atoms with Crippen LogP contribution >= 0.6 is 31.9 Å². The number of urea groups is 1. The van der Waals surface area contributed by atoms with Crippen LogP contribution in [0.1, 0.15) is 10.4 Å². The van der Waals surface area contributed by atoms with Crippen molar-refractivity contribution in [2.45, 2.75) is 0 Å². The molecule has 0 radical (unpaired) electrons. The number of carboxylic acids is 1. The number of rotatable bonds is 4. The van der Waals surface area contributed by atoms with Gasteiger partial charge < -0.3 is 15.7 Å². The van der Waals surface area contributed by atoms with Gasteiger partial charge >= 0.3 is 12.0 Å². The normalized spacial score (nSPS) is 9.67. The van der Waals surface area contributed by atoms with Crippen molar-refractivity contribution < 1.29 is 14.7 Å². The number of carbonyl (C=O) groups is 2. The van der Waals surface area contributed by atoms with E-state index in [1.807, 2.05) is 0 Å². The van der Waals surface area contributed by atoms with Crippen LogP contribution in [0, 0.1) is 0 Å². The Morgan fingerprint density at radius 2 is 2.06 bits per heavy atom. The Hall–Kier alpha value is -1.34. The van der Waals surface area contributed by atoms with Crippen LogP contribution in [-0.2, 0) is 0 Å². The van der Waals surface area contributed by atoms with Gasteiger partial charge in [-0.3, -0.25) is 0 Å². The third kappa shape index (κ3) is 4.50. The second-order valence-corrected chi connectivity index (χ2v) is 5.30. The smallest absolute Gasteiger partial charge is 0.335 e. The SMILES string of the molecule is C=C(Br)CNC(=O)Nc1cc(C(=O)O)ccc1Br. The molecule has 0 bridgehead atoms. The number of hydrogen-bond acceptors (Lipinski definition) is 2. The van der Waals surface area contributed by atoms with Crippen molar-refractivity contribution >= 4 is 49.5 Å². The minimum absolute atomic E-state index is 0.0957. The fourth-order valence-corrected chi connectivity index (χ4v) is 1.58.